The molecule has 0 spiro atoms. The first-order valence-corrected chi connectivity index (χ1v) is 14.0. The van der Waals surface area contributed by atoms with E-state index in [4.69, 9.17) is 53.8 Å². The number of alkyl halides is 3. The Balaban J connectivity index is 1.92. The Morgan fingerprint density at radius 3 is 2.41 bits per heavy atom. The lowest BCUT2D eigenvalue weighted by molar-refractivity contribution is -0.144. The summed E-state index contributed by atoms with van der Waals surface area (Å²) in [6.07, 6.45) is 3.39. The van der Waals surface area contributed by atoms with Gasteiger partial charge in [0.05, 0.1) is 25.4 Å². The molecule has 0 saturated carbocycles. The first kappa shape index (κ1) is 33.3. The molecule has 0 aromatic heterocycles. The molecular weight excluding hydrogens is 573 g/mol. The van der Waals surface area contributed by atoms with Crippen molar-refractivity contribution in [2.45, 2.75) is 74.7 Å². The molecule has 2 rings (SSSR count). The van der Waals surface area contributed by atoms with Gasteiger partial charge in [-0.15, -0.1) is 0 Å². The maximum atomic E-state index is 13.4. The highest BCUT2D eigenvalue weighted by Gasteiger charge is 2.38. The molecule has 39 heavy (non-hydrogen) atoms. The van der Waals surface area contributed by atoms with Gasteiger partial charge in [-0.25, -0.2) is 0 Å². The molecule has 0 aliphatic carbocycles. The molecular formula is C27H38Cl3NO8. The average Bonchev–Trinajstić information content (AvgIpc) is 3.23. The number of likely N-dealkylation sites (tertiary alicyclic amines) is 1. The maximum Gasteiger partial charge on any atom is 0.305 e. The monoisotopic (exact) mass is 609 g/mol. The number of hydrogen-bond acceptors (Lipinski definition) is 8. The van der Waals surface area contributed by atoms with Crippen molar-refractivity contribution in [3.8, 4) is 11.5 Å². The van der Waals surface area contributed by atoms with Crippen LogP contribution in [0.1, 0.15) is 69.7 Å². The van der Waals surface area contributed by atoms with Crippen LogP contribution in [0.3, 0.4) is 0 Å². The van der Waals surface area contributed by atoms with Gasteiger partial charge in [-0.1, -0.05) is 34.8 Å². The van der Waals surface area contributed by atoms with E-state index in [0.717, 1.165) is 6.42 Å². The summed E-state index contributed by atoms with van der Waals surface area (Å²) in [7, 11) is 1.50. The van der Waals surface area contributed by atoms with Crippen molar-refractivity contribution >= 4 is 52.6 Å². The third-order valence-electron chi connectivity index (χ3n) is 6.12. The zero-order valence-corrected chi connectivity index (χ0v) is 25.1. The van der Waals surface area contributed by atoms with Crippen molar-refractivity contribution in [1.82, 2.24) is 4.90 Å². The molecule has 1 aromatic carbocycles. The highest BCUT2D eigenvalue weighted by molar-refractivity contribution is 6.67. The fraction of sp³-hybridized carbons (Fsp3) is 0.667. The summed E-state index contributed by atoms with van der Waals surface area (Å²) in [6, 6.07) is 4.71. The molecule has 9 nitrogen and oxygen atoms in total. The van der Waals surface area contributed by atoms with Gasteiger partial charge < -0.3 is 29.0 Å². The van der Waals surface area contributed by atoms with E-state index in [0.29, 0.717) is 55.9 Å². The Labute approximate surface area is 244 Å². The molecule has 2 atom stereocenters. The Bertz CT molecular complexity index is 977. The summed E-state index contributed by atoms with van der Waals surface area (Å²) in [6.45, 7) is 5.48. The van der Waals surface area contributed by atoms with Crippen LogP contribution < -0.4 is 9.47 Å². The lowest BCUT2D eigenvalue weighted by atomic mass is 9.92. The van der Waals surface area contributed by atoms with E-state index in [2.05, 4.69) is 0 Å². The van der Waals surface area contributed by atoms with Crippen LogP contribution in [0, 0.1) is 5.92 Å². The Morgan fingerprint density at radius 1 is 1.08 bits per heavy atom. The first-order valence-electron chi connectivity index (χ1n) is 12.9. The third kappa shape index (κ3) is 12.4. The van der Waals surface area contributed by atoms with E-state index >= 15 is 0 Å². The van der Waals surface area contributed by atoms with Crippen molar-refractivity contribution < 1.29 is 38.4 Å². The lowest BCUT2D eigenvalue weighted by Crippen LogP contribution is -2.39. The van der Waals surface area contributed by atoms with E-state index < -0.39 is 21.3 Å². The number of methoxy groups -OCH3 is 1. The van der Waals surface area contributed by atoms with Crippen LogP contribution in [0.15, 0.2) is 18.2 Å². The molecule has 1 aromatic rings. The first-order chi connectivity index (χ1) is 18.2. The van der Waals surface area contributed by atoms with Crippen LogP contribution in [0.4, 0.5) is 0 Å². The van der Waals surface area contributed by atoms with Gasteiger partial charge in [0.25, 0.3) is 5.91 Å². The molecule has 1 fully saturated rings. The highest BCUT2D eigenvalue weighted by Crippen LogP contribution is 2.34. The molecule has 220 valence electrons. The second kappa shape index (κ2) is 15.2. The lowest BCUT2D eigenvalue weighted by Gasteiger charge is -2.25. The fourth-order valence-corrected chi connectivity index (χ4v) is 4.70. The maximum absolute atomic E-state index is 13.4. The van der Waals surface area contributed by atoms with Crippen LogP contribution >= 0.6 is 34.8 Å². The van der Waals surface area contributed by atoms with Crippen LogP contribution in [0.5, 0.6) is 11.5 Å². The predicted octanol–water partition coefficient (Wildman–Crippen LogP) is 5.10. The van der Waals surface area contributed by atoms with Crippen molar-refractivity contribution in [3.63, 3.8) is 0 Å². The molecule has 1 N–H and O–H groups in total. The molecule has 1 heterocycles. The highest BCUT2D eigenvalue weighted by atomic mass is 35.6. The largest absolute Gasteiger partial charge is 0.493 e. The zero-order valence-electron chi connectivity index (χ0n) is 22.8. The van der Waals surface area contributed by atoms with Crippen molar-refractivity contribution in [2.75, 3.05) is 33.5 Å². The van der Waals surface area contributed by atoms with Gasteiger partial charge in [0.15, 0.2) is 11.5 Å². The molecule has 1 saturated heterocycles. The van der Waals surface area contributed by atoms with Crippen LogP contribution in [-0.4, -0.2) is 76.8 Å². The minimum atomic E-state index is -1.62. The predicted molar refractivity (Wildman–Crippen MR) is 149 cm³/mol. The number of amides is 1. The van der Waals surface area contributed by atoms with Crippen molar-refractivity contribution in [3.05, 3.63) is 23.8 Å². The number of benzene rings is 1. The summed E-state index contributed by atoms with van der Waals surface area (Å²) in [5.74, 6) is -0.0544. The number of ether oxygens (including phenoxy) is 4. The van der Waals surface area contributed by atoms with E-state index in [9.17, 15) is 19.5 Å². The molecule has 1 unspecified atom stereocenters. The number of aliphatic hydroxyl groups is 1. The molecule has 1 aliphatic heterocycles. The molecule has 1 amide bonds. The second-order valence-electron chi connectivity index (χ2n) is 10.3. The smallest absolute Gasteiger partial charge is 0.305 e. The molecule has 0 radical (unpaired) electrons. The summed E-state index contributed by atoms with van der Waals surface area (Å²) >= 11 is 16.7. The van der Waals surface area contributed by atoms with Gasteiger partial charge in [-0.3, -0.25) is 14.4 Å². The number of unbranched alkanes of at least 4 members (excludes halogenated alkanes) is 2. The van der Waals surface area contributed by atoms with Crippen LogP contribution in [-0.2, 0) is 19.1 Å². The minimum Gasteiger partial charge on any atom is -0.493 e. The molecule has 12 heteroatoms. The summed E-state index contributed by atoms with van der Waals surface area (Å²) in [5.41, 5.74) is -0.447. The van der Waals surface area contributed by atoms with Gasteiger partial charge >= 0.3 is 11.9 Å². The number of carbonyl (C=O) groups is 3. The Morgan fingerprint density at radius 2 is 1.79 bits per heavy atom. The van der Waals surface area contributed by atoms with Gasteiger partial charge in [0.2, 0.25) is 3.79 Å². The number of rotatable bonds is 14. The molecule has 1 aliphatic rings. The van der Waals surface area contributed by atoms with Gasteiger partial charge in [0.1, 0.15) is 13.2 Å². The zero-order chi connectivity index (χ0) is 29.2. The number of nitrogens with zero attached hydrogens (tertiary/aromatic N) is 1. The summed E-state index contributed by atoms with van der Waals surface area (Å²) in [5, 5.41) is 10.3. The number of halogens is 3. The number of esters is 2. The summed E-state index contributed by atoms with van der Waals surface area (Å²) < 4.78 is 19.8. The van der Waals surface area contributed by atoms with E-state index in [-0.39, 0.29) is 37.5 Å². The normalized spacial score (nSPS) is 17.6. The quantitative estimate of drug-likeness (QED) is 0.176. The fourth-order valence-electron chi connectivity index (χ4n) is 4.54. The van der Waals surface area contributed by atoms with Crippen LogP contribution in [0.2, 0.25) is 0 Å². The molecule has 0 bridgehead atoms. The van der Waals surface area contributed by atoms with Gasteiger partial charge in [-0.2, -0.15) is 0 Å². The Hall–Kier alpha value is -1.94. The van der Waals surface area contributed by atoms with Crippen molar-refractivity contribution in [1.29, 1.82) is 0 Å². The third-order valence-corrected chi connectivity index (χ3v) is 6.45. The van der Waals surface area contributed by atoms with Gasteiger partial charge in [-0.05, 0) is 70.1 Å². The van der Waals surface area contributed by atoms with Gasteiger partial charge in [0, 0.05) is 25.5 Å². The van der Waals surface area contributed by atoms with Crippen LogP contribution in [0.25, 0.3) is 0 Å². The van der Waals surface area contributed by atoms with E-state index in [1.165, 1.54) is 14.0 Å². The SMILES string of the molecule is COc1cc(C(=O)N2CC(CC(C)(C)O)C[C@H]2COC(C)=O)ccc1OCCCCCC(=O)OCC(Cl)(Cl)Cl. The minimum absolute atomic E-state index is 0.0791. The summed E-state index contributed by atoms with van der Waals surface area (Å²) in [4.78, 5) is 38.2. The van der Waals surface area contributed by atoms with Crippen molar-refractivity contribution in [2.24, 2.45) is 5.92 Å². The average molecular weight is 611 g/mol. The number of hydrogen-bond donors (Lipinski definition) is 1. The number of carbonyl (C=O) groups excluding carboxylic acids is 3. The van der Waals surface area contributed by atoms with E-state index in [1.807, 2.05) is 0 Å². The topological polar surface area (TPSA) is 112 Å². The standard InChI is InChI=1S/C27H38Cl3NO8/c1-18(32)38-16-21-12-19(14-26(2,3)35)15-31(21)25(34)20-9-10-22(23(13-20)36-4)37-11-7-5-6-8-24(33)39-17-27(28,29)30/h9-10,13,19,21,35H,5-8,11-12,14-17H2,1-4H3/t19?,21-/m0/s1. The van der Waals surface area contributed by atoms with E-state index in [1.54, 1.807) is 36.9 Å². The Kier molecular flexibility index (Phi) is 12.9. The second-order valence-corrected chi connectivity index (χ2v) is 12.8.